The predicted molar refractivity (Wildman–Crippen MR) is 67.7 cm³/mol. The van der Waals surface area contributed by atoms with E-state index < -0.39 is 17.7 Å². The smallest absolute Gasteiger partial charge is 0.335 e. The highest BCUT2D eigenvalue weighted by Crippen LogP contribution is 2.34. The summed E-state index contributed by atoms with van der Waals surface area (Å²) in [6.07, 6.45) is 3.69. The van der Waals surface area contributed by atoms with E-state index in [2.05, 4.69) is 5.32 Å². The van der Waals surface area contributed by atoms with Crippen molar-refractivity contribution in [1.82, 2.24) is 5.32 Å². The molecule has 1 amide bonds. The Labute approximate surface area is 110 Å². The van der Waals surface area contributed by atoms with Crippen LogP contribution in [0.25, 0.3) is 0 Å². The van der Waals surface area contributed by atoms with E-state index in [1.54, 1.807) is 0 Å². The Hall–Kier alpha value is -1.91. The second-order valence-corrected chi connectivity index (χ2v) is 4.94. The number of rotatable bonds is 4. The molecule has 4 nitrogen and oxygen atoms in total. The molecule has 0 aromatic heterocycles. The zero-order chi connectivity index (χ0) is 14.0. The zero-order valence-electron chi connectivity index (χ0n) is 10.7. The maximum Gasteiger partial charge on any atom is 0.335 e. The van der Waals surface area contributed by atoms with Gasteiger partial charge >= 0.3 is 5.97 Å². The number of halogens is 1. The van der Waals surface area contributed by atoms with E-state index in [1.165, 1.54) is 12.1 Å². The maximum atomic E-state index is 13.7. The van der Waals surface area contributed by atoms with E-state index >= 15 is 0 Å². The number of hydrogen-bond acceptors (Lipinski definition) is 2. The third kappa shape index (κ3) is 2.59. The van der Waals surface area contributed by atoms with Gasteiger partial charge in [0, 0.05) is 5.54 Å². The number of aromatic carboxylic acids is 1. The lowest BCUT2D eigenvalue weighted by Gasteiger charge is -2.42. The largest absolute Gasteiger partial charge is 0.478 e. The lowest BCUT2D eigenvalue weighted by molar-refractivity contribution is 0.0694. The molecule has 0 bridgehead atoms. The van der Waals surface area contributed by atoms with E-state index in [0.717, 1.165) is 31.7 Å². The lowest BCUT2D eigenvalue weighted by Crippen LogP contribution is -2.53. The van der Waals surface area contributed by atoms with E-state index in [4.69, 9.17) is 5.11 Å². The topological polar surface area (TPSA) is 66.4 Å². The van der Waals surface area contributed by atoms with E-state index in [0.29, 0.717) is 0 Å². The highest BCUT2D eigenvalue weighted by Gasteiger charge is 2.37. The van der Waals surface area contributed by atoms with Crippen molar-refractivity contribution < 1.29 is 19.1 Å². The Morgan fingerprint density at radius 1 is 1.42 bits per heavy atom. The molecule has 19 heavy (non-hydrogen) atoms. The van der Waals surface area contributed by atoms with Crippen LogP contribution in [0, 0.1) is 5.82 Å². The molecule has 2 rings (SSSR count). The number of amides is 1. The molecule has 1 fully saturated rings. The summed E-state index contributed by atoms with van der Waals surface area (Å²) in [5, 5.41) is 11.6. The van der Waals surface area contributed by atoms with Crippen molar-refractivity contribution in [3.63, 3.8) is 0 Å². The fourth-order valence-electron chi connectivity index (χ4n) is 2.31. The molecule has 1 aliphatic rings. The van der Waals surface area contributed by atoms with Crippen LogP contribution in [0.2, 0.25) is 0 Å². The molecule has 0 aliphatic heterocycles. The first-order chi connectivity index (χ1) is 8.97. The minimum absolute atomic E-state index is 0.107. The normalized spacial score (nSPS) is 16.5. The van der Waals surface area contributed by atoms with Gasteiger partial charge in [0.05, 0.1) is 11.1 Å². The number of carbonyl (C=O) groups is 2. The summed E-state index contributed by atoms with van der Waals surface area (Å²) in [4.78, 5) is 22.7. The molecule has 1 saturated carbocycles. The summed E-state index contributed by atoms with van der Waals surface area (Å²) in [6.45, 7) is 1.99. The Bertz CT molecular complexity index is 518. The molecule has 0 saturated heterocycles. The molecule has 0 atom stereocenters. The number of benzene rings is 1. The molecule has 0 heterocycles. The van der Waals surface area contributed by atoms with Crippen molar-refractivity contribution in [1.29, 1.82) is 0 Å². The molecule has 1 aromatic carbocycles. The van der Waals surface area contributed by atoms with Gasteiger partial charge in [0.15, 0.2) is 0 Å². The van der Waals surface area contributed by atoms with Crippen molar-refractivity contribution >= 4 is 11.9 Å². The fourth-order valence-corrected chi connectivity index (χ4v) is 2.31. The number of hydrogen-bond donors (Lipinski definition) is 2. The standard InChI is InChI=1S/C14H16FNO3/c1-2-14(6-3-7-14)16-12(17)10-5-4-9(13(18)19)8-11(10)15/h4-5,8H,2-3,6-7H2,1H3,(H,16,17)(H,18,19). The molecule has 102 valence electrons. The average Bonchev–Trinajstić information content (AvgIpc) is 2.33. The van der Waals surface area contributed by atoms with Gasteiger partial charge in [-0.15, -0.1) is 0 Å². The van der Waals surface area contributed by atoms with Crippen LogP contribution in [-0.2, 0) is 0 Å². The summed E-state index contributed by atoms with van der Waals surface area (Å²) in [6, 6.07) is 3.33. The van der Waals surface area contributed by atoms with E-state index in [1.807, 2.05) is 6.92 Å². The number of carboxylic acids is 1. The van der Waals surface area contributed by atoms with Gasteiger partial charge in [0.25, 0.3) is 5.91 Å². The molecule has 1 aromatic rings. The summed E-state index contributed by atoms with van der Waals surface area (Å²) in [5.74, 6) is -2.49. The van der Waals surface area contributed by atoms with Crippen LogP contribution >= 0.6 is 0 Å². The number of carbonyl (C=O) groups excluding carboxylic acids is 1. The van der Waals surface area contributed by atoms with Crippen molar-refractivity contribution in [2.45, 2.75) is 38.1 Å². The van der Waals surface area contributed by atoms with Gasteiger partial charge in [-0.1, -0.05) is 6.92 Å². The van der Waals surface area contributed by atoms with Gasteiger partial charge in [-0.25, -0.2) is 9.18 Å². The van der Waals surface area contributed by atoms with Crippen LogP contribution in [0.1, 0.15) is 53.3 Å². The molecule has 0 unspecified atom stereocenters. The van der Waals surface area contributed by atoms with Gasteiger partial charge < -0.3 is 10.4 Å². The van der Waals surface area contributed by atoms with Crippen molar-refractivity contribution in [3.8, 4) is 0 Å². The van der Waals surface area contributed by atoms with Gasteiger partial charge in [0.2, 0.25) is 0 Å². The summed E-state index contributed by atoms with van der Waals surface area (Å²) in [7, 11) is 0. The molecular formula is C14H16FNO3. The van der Waals surface area contributed by atoms with Crippen LogP contribution in [-0.4, -0.2) is 22.5 Å². The third-order valence-electron chi connectivity index (χ3n) is 3.83. The minimum atomic E-state index is -1.21. The Morgan fingerprint density at radius 3 is 2.53 bits per heavy atom. The van der Waals surface area contributed by atoms with Crippen molar-refractivity contribution in [3.05, 3.63) is 35.1 Å². The Balaban J connectivity index is 2.17. The van der Waals surface area contributed by atoms with Gasteiger partial charge in [0.1, 0.15) is 5.82 Å². The Morgan fingerprint density at radius 2 is 2.11 bits per heavy atom. The monoisotopic (exact) mass is 265 g/mol. The summed E-state index contributed by atoms with van der Waals surface area (Å²) >= 11 is 0. The molecule has 0 radical (unpaired) electrons. The molecule has 2 N–H and O–H groups in total. The van der Waals surface area contributed by atoms with Crippen LogP contribution in [0.4, 0.5) is 4.39 Å². The Kier molecular flexibility index (Phi) is 3.55. The molecule has 5 heteroatoms. The van der Waals surface area contributed by atoms with Crippen LogP contribution in [0.5, 0.6) is 0 Å². The van der Waals surface area contributed by atoms with Crippen LogP contribution in [0.15, 0.2) is 18.2 Å². The quantitative estimate of drug-likeness (QED) is 0.879. The van der Waals surface area contributed by atoms with Crippen molar-refractivity contribution in [2.24, 2.45) is 0 Å². The first kappa shape index (κ1) is 13.5. The van der Waals surface area contributed by atoms with Gasteiger partial charge in [-0.05, 0) is 43.9 Å². The molecular weight excluding hydrogens is 249 g/mol. The highest BCUT2D eigenvalue weighted by atomic mass is 19.1. The average molecular weight is 265 g/mol. The van der Waals surface area contributed by atoms with Gasteiger partial charge in [-0.2, -0.15) is 0 Å². The molecule has 0 spiro atoms. The maximum absolute atomic E-state index is 13.7. The predicted octanol–water partition coefficient (Wildman–Crippen LogP) is 2.59. The molecule has 1 aliphatic carbocycles. The second-order valence-electron chi connectivity index (χ2n) is 4.94. The number of carboxylic acid groups (broad SMARTS) is 1. The van der Waals surface area contributed by atoms with Gasteiger partial charge in [-0.3, -0.25) is 4.79 Å². The highest BCUT2D eigenvalue weighted by molar-refractivity contribution is 5.96. The van der Waals surface area contributed by atoms with E-state index in [-0.39, 0.29) is 16.7 Å². The lowest BCUT2D eigenvalue weighted by atomic mass is 9.74. The fraction of sp³-hybridized carbons (Fsp3) is 0.429. The first-order valence-corrected chi connectivity index (χ1v) is 6.33. The van der Waals surface area contributed by atoms with Crippen LogP contribution < -0.4 is 5.32 Å². The SMILES string of the molecule is CCC1(NC(=O)c2ccc(C(=O)O)cc2F)CCC1. The summed E-state index contributed by atoms with van der Waals surface area (Å²) < 4.78 is 13.7. The summed E-state index contributed by atoms with van der Waals surface area (Å²) in [5.41, 5.74) is -0.484. The second kappa shape index (κ2) is 4.99. The van der Waals surface area contributed by atoms with Crippen molar-refractivity contribution in [2.75, 3.05) is 0 Å². The number of nitrogens with one attached hydrogen (secondary N) is 1. The minimum Gasteiger partial charge on any atom is -0.478 e. The first-order valence-electron chi connectivity index (χ1n) is 6.33. The third-order valence-corrected chi connectivity index (χ3v) is 3.83. The van der Waals surface area contributed by atoms with E-state index in [9.17, 15) is 14.0 Å². The zero-order valence-corrected chi connectivity index (χ0v) is 10.7. The van der Waals surface area contributed by atoms with Crippen LogP contribution in [0.3, 0.4) is 0 Å².